The predicted octanol–water partition coefficient (Wildman–Crippen LogP) is 3.75. The molecule has 0 saturated carbocycles. The van der Waals surface area contributed by atoms with Gasteiger partial charge in [-0.25, -0.2) is 0 Å². The molecule has 1 aromatic carbocycles. The Morgan fingerprint density at radius 2 is 2.25 bits per heavy atom. The van der Waals surface area contributed by atoms with E-state index in [0.717, 1.165) is 5.56 Å². The monoisotopic (exact) mass is 259 g/mol. The van der Waals surface area contributed by atoms with Crippen LogP contribution in [0.15, 0.2) is 29.8 Å². The van der Waals surface area contributed by atoms with Gasteiger partial charge < -0.3 is 10.1 Å². The summed E-state index contributed by atoms with van der Waals surface area (Å²) in [7, 11) is 1.90. The molecule has 2 nitrogen and oxygen atoms in total. The number of hydrogen-bond acceptors (Lipinski definition) is 2. The van der Waals surface area contributed by atoms with Gasteiger partial charge in [0.05, 0.1) is 5.02 Å². The Morgan fingerprint density at radius 3 is 2.75 bits per heavy atom. The summed E-state index contributed by atoms with van der Waals surface area (Å²) in [5, 5.41) is 4.17. The quantitative estimate of drug-likeness (QED) is 0.870. The summed E-state index contributed by atoms with van der Waals surface area (Å²) in [6, 6.07) is 5.95. The minimum Gasteiger partial charge on any atom is -0.486 e. The first-order valence-electron chi connectivity index (χ1n) is 4.97. The summed E-state index contributed by atoms with van der Waals surface area (Å²) in [6.45, 7) is 5.87. The molecule has 1 unspecified atom stereocenters. The molecule has 1 N–H and O–H groups in total. The van der Waals surface area contributed by atoms with Gasteiger partial charge in [0.15, 0.2) is 0 Å². The molecule has 16 heavy (non-hydrogen) atoms. The van der Waals surface area contributed by atoms with Crippen molar-refractivity contribution < 1.29 is 4.74 Å². The van der Waals surface area contributed by atoms with Crippen LogP contribution < -0.4 is 10.1 Å². The maximum atomic E-state index is 6.09. The number of nitrogens with one attached hydrogen (secondary N) is 1. The summed E-state index contributed by atoms with van der Waals surface area (Å²) in [6.07, 6.45) is 0. The van der Waals surface area contributed by atoms with Crippen LogP contribution in [0.5, 0.6) is 5.75 Å². The molecule has 0 aliphatic carbocycles. The van der Waals surface area contributed by atoms with Crippen LogP contribution >= 0.6 is 23.2 Å². The van der Waals surface area contributed by atoms with Crippen molar-refractivity contribution in [2.45, 2.75) is 13.0 Å². The molecule has 4 heteroatoms. The predicted molar refractivity (Wildman–Crippen MR) is 69.4 cm³/mol. The van der Waals surface area contributed by atoms with Gasteiger partial charge in [0.25, 0.3) is 0 Å². The normalized spacial score (nSPS) is 12.2. The summed E-state index contributed by atoms with van der Waals surface area (Å²) in [5.74, 6) is 0.621. The van der Waals surface area contributed by atoms with Gasteiger partial charge in [0, 0.05) is 11.1 Å². The number of hydrogen-bond donors (Lipinski definition) is 1. The Morgan fingerprint density at radius 1 is 1.56 bits per heavy atom. The van der Waals surface area contributed by atoms with E-state index in [2.05, 4.69) is 18.8 Å². The minimum atomic E-state index is 0.259. The molecule has 0 saturated heterocycles. The molecular weight excluding hydrogens is 245 g/mol. The zero-order valence-electron chi connectivity index (χ0n) is 9.39. The molecule has 0 fully saturated rings. The third-order valence-corrected chi connectivity index (χ3v) is 2.68. The van der Waals surface area contributed by atoms with Crippen LogP contribution in [0, 0.1) is 0 Å². The van der Waals surface area contributed by atoms with E-state index < -0.39 is 0 Å². The van der Waals surface area contributed by atoms with Crippen LogP contribution in [0.2, 0.25) is 5.02 Å². The van der Waals surface area contributed by atoms with Crippen molar-refractivity contribution >= 4 is 23.2 Å². The molecular formula is C12H15Cl2NO. The molecule has 1 atom stereocenters. The van der Waals surface area contributed by atoms with Crippen molar-refractivity contribution in [1.82, 2.24) is 5.32 Å². The molecule has 0 radical (unpaired) electrons. The van der Waals surface area contributed by atoms with Gasteiger partial charge in [-0.05, 0) is 31.7 Å². The molecule has 0 aliphatic rings. The van der Waals surface area contributed by atoms with Crippen molar-refractivity contribution in [3.05, 3.63) is 40.4 Å². The van der Waals surface area contributed by atoms with Gasteiger partial charge in [-0.3, -0.25) is 0 Å². The fourth-order valence-electron chi connectivity index (χ4n) is 1.23. The number of ether oxygens (including phenoxy) is 1. The van der Waals surface area contributed by atoms with Crippen LogP contribution in [-0.4, -0.2) is 13.7 Å². The Kier molecular flexibility index (Phi) is 5.13. The van der Waals surface area contributed by atoms with Gasteiger partial charge in [-0.15, -0.1) is 0 Å². The van der Waals surface area contributed by atoms with Gasteiger partial charge in [0.1, 0.15) is 12.4 Å². The fraction of sp³-hybridized carbons (Fsp3) is 0.333. The van der Waals surface area contributed by atoms with Crippen LogP contribution in [0.25, 0.3) is 0 Å². The lowest BCUT2D eigenvalue weighted by Crippen LogP contribution is -2.12. The SMILES string of the molecule is C=C(Cl)COc1ccc(C(C)NC)cc1Cl. The van der Waals surface area contributed by atoms with Crippen LogP contribution in [0.1, 0.15) is 18.5 Å². The van der Waals surface area contributed by atoms with E-state index in [-0.39, 0.29) is 12.6 Å². The zero-order valence-corrected chi connectivity index (χ0v) is 10.9. The Bertz CT molecular complexity index is 379. The molecule has 0 aliphatic heterocycles. The first-order valence-corrected chi connectivity index (χ1v) is 5.73. The summed E-state index contributed by atoms with van der Waals surface area (Å²) < 4.78 is 5.38. The highest BCUT2D eigenvalue weighted by Gasteiger charge is 2.07. The van der Waals surface area contributed by atoms with Crippen molar-refractivity contribution in [1.29, 1.82) is 0 Å². The minimum absolute atomic E-state index is 0.259. The summed E-state index contributed by atoms with van der Waals surface area (Å²) >= 11 is 11.7. The molecule has 1 rings (SSSR count). The molecule has 0 heterocycles. The standard InChI is InChI=1S/C12H15Cl2NO/c1-8(13)7-16-12-5-4-10(6-11(12)14)9(2)15-3/h4-6,9,15H,1,7H2,2-3H3. The van der Waals surface area contributed by atoms with E-state index in [1.165, 1.54) is 0 Å². The summed E-state index contributed by atoms with van der Waals surface area (Å²) in [4.78, 5) is 0. The van der Waals surface area contributed by atoms with Crippen molar-refractivity contribution in [3.8, 4) is 5.75 Å². The van der Waals surface area contributed by atoms with E-state index in [1.54, 1.807) is 0 Å². The Balaban J connectivity index is 2.79. The Hall–Kier alpha value is -0.700. The van der Waals surface area contributed by atoms with Crippen LogP contribution in [0.3, 0.4) is 0 Å². The van der Waals surface area contributed by atoms with Gasteiger partial charge in [-0.1, -0.05) is 35.8 Å². The van der Waals surface area contributed by atoms with E-state index >= 15 is 0 Å². The second-order valence-electron chi connectivity index (χ2n) is 3.51. The van der Waals surface area contributed by atoms with E-state index in [1.807, 2.05) is 25.2 Å². The number of rotatable bonds is 5. The Labute approximate surface area is 106 Å². The van der Waals surface area contributed by atoms with Crippen molar-refractivity contribution in [3.63, 3.8) is 0 Å². The third-order valence-electron chi connectivity index (χ3n) is 2.27. The topological polar surface area (TPSA) is 21.3 Å². The van der Waals surface area contributed by atoms with Gasteiger partial charge in [-0.2, -0.15) is 0 Å². The molecule has 0 aromatic heterocycles. The van der Waals surface area contributed by atoms with Crippen LogP contribution in [-0.2, 0) is 0 Å². The number of halogens is 2. The largest absolute Gasteiger partial charge is 0.486 e. The number of benzene rings is 1. The second kappa shape index (κ2) is 6.14. The van der Waals surface area contributed by atoms with E-state index in [0.29, 0.717) is 15.8 Å². The molecule has 0 spiro atoms. The zero-order chi connectivity index (χ0) is 12.1. The van der Waals surface area contributed by atoms with E-state index in [9.17, 15) is 0 Å². The van der Waals surface area contributed by atoms with Crippen LogP contribution in [0.4, 0.5) is 0 Å². The smallest absolute Gasteiger partial charge is 0.138 e. The van der Waals surface area contributed by atoms with Crippen molar-refractivity contribution in [2.75, 3.05) is 13.7 Å². The lowest BCUT2D eigenvalue weighted by Gasteiger charge is -2.13. The molecule has 0 bridgehead atoms. The second-order valence-corrected chi connectivity index (χ2v) is 4.45. The highest BCUT2D eigenvalue weighted by molar-refractivity contribution is 6.32. The van der Waals surface area contributed by atoms with Gasteiger partial charge in [0.2, 0.25) is 0 Å². The molecule has 1 aromatic rings. The summed E-state index contributed by atoms with van der Waals surface area (Å²) in [5.41, 5.74) is 1.12. The average molecular weight is 260 g/mol. The molecule has 0 amide bonds. The maximum Gasteiger partial charge on any atom is 0.138 e. The lowest BCUT2D eigenvalue weighted by molar-refractivity contribution is 0.359. The first-order chi connectivity index (χ1) is 7.54. The fourth-order valence-corrected chi connectivity index (χ4v) is 1.52. The third kappa shape index (κ3) is 3.71. The highest BCUT2D eigenvalue weighted by Crippen LogP contribution is 2.28. The average Bonchev–Trinajstić information content (AvgIpc) is 2.26. The van der Waals surface area contributed by atoms with Crippen molar-refractivity contribution in [2.24, 2.45) is 0 Å². The maximum absolute atomic E-state index is 6.09. The lowest BCUT2D eigenvalue weighted by atomic mass is 10.1. The van der Waals surface area contributed by atoms with E-state index in [4.69, 9.17) is 27.9 Å². The highest BCUT2D eigenvalue weighted by atomic mass is 35.5. The van der Waals surface area contributed by atoms with Gasteiger partial charge >= 0.3 is 0 Å². The molecule has 88 valence electrons. The first kappa shape index (κ1) is 13.4.